The molecule has 1 aromatic carbocycles. The van der Waals surface area contributed by atoms with Gasteiger partial charge in [0.25, 0.3) is 5.91 Å². The van der Waals surface area contributed by atoms with Crippen molar-refractivity contribution in [3.05, 3.63) is 58.6 Å². The van der Waals surface area contributed by atoms with Crippen LogP contribution in [0.1, 0.15) is 22.4 Å². The molecule has 6 heteroatoms. The van der Waals surface area contributed by atoms with Crippen LogP contribution in [0.3, 0.4) is 0 Å². The van der Waals surface area contributed by atoms with E-state index in [2.05, 4.69) is 26.2 Å². The standard InChI is InChI=1S/C15H13BrN2O3/c16-10-3-1-4-11-9(10)7-12(18-11)15(20)17-8-13(19)14-5-2-6-21-14/h1-7,13,18-19H,8H2,(H,17,20). The van der Waals surface area contributed by atoms with Gasteiger partial charge in [-0.05, 0) is 30.3 Å². The second kappa shape index (κ2) is 5.75. The van der Waals surface area contributed by atoms with Crippen molar-refractivity contribution in [2.75, 3.05) is 6.54 Å². The van der Waals surface area contributed by atoms with Crippen LogP contribution in [0.5, 0.6) is 0 Å². The van der Waals surface area contributed by atoms with E-state index in [0.29, 0.717) is 11.5 Å². The SMILES string of the molecule is O=C(NCC(O)c1ccco1)c1cc2c(Br)cccc2[nH]1. The average molecular weight is 349 g/mol. The van der Waals surface area contributed by atoms with Crippen LogP contribution in [0.25, 0.3) is 10.9 Å². The van der Waals surface area contributed by atoms with E-state index in [9.17, 15) is 9.90 Å². The number of halogens is 1. The molecule has 0 bridgehead atoms. The van der Waals surface area contributed by atoms with Crippen LogP contribution < -0.4 is 5.32 Å². The lowest BCUT2D eigenvalue weighted by Crippen LogP contribution is -2.28. The van der Waals surface area contributed by atoms with Crippen LogP contribution in [0.2, 0.25) is 0 Å². The van der Waals surface area contributed by atoms with E-state index in [1.165, 1.54) is 6.26 Å². The number of aromatic amines is 1. The fourth-order valence-corrected chi connectivity index (χ4v) is 2.59. The number of carbonyl (C=O) groups is 1. The van der Waals surface area contributed by atoms with E-state index in [0.717, 1.165) is 15.4 Å². The van der Waals surface area contributed by atoms with Crippen molar-refractivity contribution in [1.29, 1.82) is 0 Å². The summed E-state index contributed by atoms with van der Waals surface area (Å²) in [5.74, 6) is 0.151. The molecule has 2 heterocycles. The minimum absolute atomic E-state index is 0.0862. The van der Waals surface area contributed by atoms with Gasteiger partial charge in [-0.3, -0.25) is 4.79 Å². The highest BCUT2D eigenvalue weighted by Gasteiger charge is 2.14. The molecule has 0 radical (unpaired) electrons. The van der Waals surface area contributed by atoms with E-state index < -0.39 is 6.10 Å². The smallest absolute Gasteiger partial charge is 0.267 e. The fraction of sp³-hybridized carbons (Fsp3) is 0.133. The van der Waals surface area contributed by atoms with Crippen molar-refractivity contribution >= 4 is 32.7 Å². The van der Waals surface area contributed by atoms with Gasteiger partial charge in [0, 0.05) is 15.4 Å². The predicted octanol–water partition coefficient (Wildman–Crippen LogP) is 2.99. The molecule has 0 aliphatic carbocycles. The van der Waals surface area contributed by atoms with Gasteiger partial charge in [0.15, 0.2) is 0 Å². The summed E-state index contributed by atoms with van der Waals surface area (Å²) in [7, 11) is 0. The van der Waals surface area contributed by atoms with E-state index in [1.807, 2.05) is 18.2 Å². The number of H-pyrrole nitrogens is 1. The summed E-state index contributed by atoms with van der Waals surface area (Å²) in [6.45, 7) is 0.0862. The third kappa shape index (κ3) is 2.86. The number of aromatic nitrogens is 1. The maximum absolute atomic E-state index is 12.1. The molecule has 21 heavy (non-hydrogen) atoms. The largest absolute Gasteiger partial charge is 0.467 e. The van der Waals surface area contributed by atoms with Gasteiger partial charge in [-0.1, -0.05) is 22.0 Å². The van der Waals surface area contributed by atoms with Crippen LogP contribution >= 0.6 is 15.9 Å². The summed E-state index contributed by atoms with van der Waals surface area (Å²) in [4.78, 5) is 15.1. The number of hydrogen-bond donors (Lipinski definition) is 3. The number of aliphatic hydroxyl groups excluding tert-OH is 1. The summed E-state index contributed by atoms with van der Waals surface area (Å²) < 4.78 is 6.00. The monoisotopic (exact) mass is 348 g/mol. The van der Waals surface area contributed by atoms with Crippen molar-refractivity contribution in [2.45, 2.75) is 6.10 Å². The molecule has 3 N–H and O–H groups in total. The van der Waals surface area contributed by atoms with E-state index in [1.54, 1.807) is 18.2 Å². The molecular formula is C15H13BrN2O3. The summed E-state index contributed by atoms with van der Waals surface area (Å²) in [5.41, 5.74) is 1.32. The number of amides is 1. The first-order valence-electron chi connectivity index (χ1n) is 6.42. The number of aliphatic hydroxyl groups is 1. The Morgan fingerprint density at radius 3 is 2.95 bits per heavy atom. The molecule has 3 aromatic rings. The minimum atomic E-state index is -0.861. The quantitative estimate of drug-likeness (QED) is 0.678. The Bertz CT molecular complexity index is 764. The Morgan fingerprint density at radius 2 is 2.24 bits per heavy atom. The molecule has 0 spiro atoms. The first-order chi connectivity index (χ1) is 10.1. The number of furan rings is 1. The van der Waals surface area contributed by atoms with E-state index >= 15 is 0 Å². The van der Waals surface area contributed by atoms with Crippen molar-refractivity contribution in [3.63, 3.8) is 0 Å². The third-order valence-electron chi connectivity index (χ3n) is 3.18. The zero-order chi connectivity index (χ0) is 14.8. The van der Waals surface area contributed by atoms with E-state index in [-0.39, 0.29) is 12.5 Å². The zero-order valence-corrected chi connectivity index (χ0v) is 12.6. The van der Waals surface area contributed by atoms with Gasteiger partial charge in [0.05, 0.1) is 12.8 Å². The summed E-state index contributed by atoms with van der Waals surface area (Å²) in [6, 6.07) is 10.8. The molecule has 2 aromatic heterocycles. The van der Waals surface area contributed by atoms with Crippen molar-refractivity contribution < 1.29 is 14.3 Å². The van der Waals surface area contributed by atoms with Crippen LogP contribution in [0.15, 0.2) is 51.6 Å². The highest BCUT2D eigenvalue weighted by molar-refractivity contribution is 9.10. The molecule has 1 unspecified atom stereocenters. The second-order valence-electron chi connectivity index (χ2n) is 4.63. The fourth-order valence-electron chi connectivity index (χ4n) is 2.11. The molecule has 0 aliphatic heterocycles. The van der Waals surface area contributed by atoms with Crippen LogP contribution in [0, 0.1) is 0 Å². The Balaban J connectivity index is 1.71. The molecule has 3 rings (SSSR count). The zero-order valence-electron chi connectivity index (χ0n) is 11.0. The minimum Gasteiger partial charge on any atom is -0.467 e. The number of hydrogen-bond acceptors (Lipinski definition) is 3. The summed E-state index contributed by atoms with van der Waals surface area (Å²) >= 11 is 3.44. The van der Waals surface area contributed by atoms with Gasteiger partial charge in [-0.25, -0.2) is 0 Å². The van der Waals surface area contributed by atoms with Crippen LogP contribution in [0.4, 0.5) is 0 Å². The van der Waals surface area contributed by atoms with Gasteiger partial charge in [0.2, 0.25) is 0 Å². The molecule has 0 saturated carbocycles. The lowest BCUT2D eigenvalue weighted by atomic mass is 10.2. The molecule has 1 atom stereocenters. The normalized spacial score (nSPS) is 12.5. The number of carbonyl (C=O) groups excluding carboxylic acids is 1. The molecule has 0 saturated heterocycles. The molecule has 1 amide bonds. The third-order valence-corrected chi connectivity index (χ3v) is 3.87. The molecular weight excluding hydrogens is 336 g/mol. The molecule has 0 aliphatic rings. The second-order valence-corrected chi connectivity index (χ2v) is 5.48. The van der Waals surface area contributed by atoms with Gasteiger partial charge in [-0.2, -0.15) is 0 Å². The summed E-state index contributed by atoms with van der Waals surface area (Å²) in [5, 5.41) is 13.5. The van der Waals surface area contributed by atoms with Crippen molar-refractivity contribution in [3.8, 4) is 0 Å². The highest BCUT2D eigenvalue weighted by atomic mass is 79.9. The summed E-state index contributed by atoms with van der Waals surface area (Å²) in [6.07, 6.45) is 0.621. The van der Waals surface area contributed by atoms with Crippen molar-refractivity contribution in [1.82, 2.24) is 10.3 Å². The highest BCUT2D eigenvalue weighted by Crippen LogP contribution is 2.24. The van der Waals surface area contributed by atoms with Crippen LogP contribution in [-0.4, -0.2) is 22.5 Å². The maximum atomic E-state index is 12.1. The lowest BCUT2D eigenvalue weighted by molar-refractivity contribution is 0.0897. The van der Waals surface area contributed by atoms with E-state index in [4.69, 9.17) is 4.42 Å². The Morgan fingerprint density at radius 1 is 1.38 bits per heavy atom. The van der Waals surface area contributed by atoms with Gasteiger partial charge in [-0.15, -0.1) is 0 Å². The predicted molar refractivity (Wildman–Crippen MR) is 82.0 cm³/mol. The Kier molecular flexibility index (Phi) is 3.81. The van der Waals surface area contributed by atoms with Crippen molar-refractivity contribution in [2.24, 2.45) is 0 Å². The average Bonchev–Trinajstić information content (AvgIpc) is 3.13. The first-order valence-corrected chi connectivity index (χ1v) is 7.21. The van der Waals surface area contributed by atoms with Gasteiger partial charge in [0.1, 0.15) is 17.6 Å². The molecule has 108 valence electrons. The Hall–Kier alpha value is -2.05. The number of nitrogens with one attached hydrogen (secondary N) is 2. The number of benzene rings is 1. The topological polar surface area (TPSA) is 78.3 Å². The molecule has 0 fully saturated rings. The first kappa shape index (κ1) is 13.9. The molecule has 5 nitrogen and oxygen atoms in total. The Labute approximate surface area is 129 Å². The van der Waals surface area contributed by atoms with Crippen LogP contribution in [-0.2, 0) is 0 Å². The lowest BCUT2D eigenvalue weighted by Gasteiger charge is -2.08. The number of rotatable bonds is 4. The number of fused-ring (bicyclic) bond motifs is 1. The van der Waals surface area contributed by atoms with Gasteiger partial charge >= 0.3 is 0 Å². The van der Waals surface area contributed by atoms with Gasteiger partial charge < -0.3 is 19.8 Å². The maximum Gasteiger partial charge on any atom is 0.267 e.